The van der Waals surface area contributed by atoms with Crippen LogP contribution in [0.15, 0.2) is 77.9 Å². The fourth-order valence-electron chi connectivity index (χ4n) is 3.52. The molecular weight excluding hydrogens is 441 g/mol. The van der Waals surface area contributed by atoms with E-state index in [0.717, 1.165) is 10.4 Å². The molecule has 0 aliphatic heterocycles. The maximum atomic E-state index is 13.3. The summed E-state index contributed by atoms with van der Waals surface area (Å²) in [5.74, 6) is -0.340. The molecule has 5 aromatic rings. The maximum absolute atomic E-state index is 13.3. The van der Waals surface area contributed by atoms with Gasteiger partial charge in [0.1, 0.15) is 23.0 Å². The molecule has 164 valence electrons. The van der Waals surface area contributed by atoms with Gasteiger partial charge in [-0.3, -0.25) is 14.2 Å². The molecule has 3 aromatic heterocycles. The lowest BCUT2D eigenvalue weighted by molar-refractivity contribution is -0.116. The van der Waals surface area contributed by atoms with Crippen LogP contribution in [-0.4, -0.2) is 25.2 Å². The van der Waals surface area contributed by atoms with Gasteiger partial charge in [0, 0.05) is 10.9 Å². The molecule has 5 rings (SSSR count). The van der Waals surface area contributed by atoms with Gasteiger partial charge in [-0.1, -0.05) is 30.3 Å². The Labute approximate surface area is 191 Å². The molecule has 1 N–H and O–H groups in total. The van der Waals surface area contributed by atoms with Crippen molar-refractivity contribution in [3.05, 3.63) is 94.9 Å². The number of carbonyl (C=O) groups is 1. The number of halogens is 1. The molecular formula is C24H18FN5O2S. The van der Waals surface area contributed by atoms with E-state index in [0.29, 0.717) is 27.4 Å². The van der Waals surface area contributed by atoms with Gasteiger partial charge in [0.2, 0.25) is 5.91 Å². The number of rotatable bonds is 5. The molecule has 0 saturated heterocycles. The second kappa shape index (κ2) is 8.44. The SMILES string of the molecule is Cc1cc(NC(=O)Cn2cnc3sc(-c4ccccc4)cc3c2=O)n(-c2ccc(F)cc2)n1. The molecule has 33 heavy (non-hydrogen) atoms. The number of aryl methyl sites for hydroxylation is 1. The van der Waals surface area contributed by atoms with Gasteiger partial charge in [-0.15, -0.1) is 11.3 Å². The second-order valence-electron chi connectivity index (χ2n) is 7.48. The van der Waals surface area contributed by atoms with Crippen LogP contribution in [0.4, 0.5) is 10.2 Å². The highest BCUT2D eigenvalue weighted by molar-refractivity contribution is 7.21. The monoisotopic (exact) mass is 459 g/mol. The largest absolute Gasteiger partial charge is 0.309 e. The van der Waals surface area contributed by atoms with Crippen molar-refractivity contribution in [3.8, 4) is 16.1 Å². The van der Waals surface area contributed by atoms with Crippen LogP contribution < -0.4 is 10.9 Å². The van der Waals surface area contributed by atoms with Gasteiger partial charge < -0.3 is 5.32 Å². The smallest absolute Gasteiger partial charge is 0.262 e. The summed E-state index contributed by atoms with van der Waals surface area (Å²) in [4.78, 5) is 31.7. The zero-order chi connectivity index (χ0) is 22.9. The van der Waals surface area contributed by atoms with E-state index in [1.54, 1.807) is 25.1 Å². The topological polar surface area (TPSA) is 81.8 Å². The highest BCUT2D eigenvalue weighted by atomic mass is 32.1. The zero-order valence-electron chi connectivity index (χ0n) is 17.5. The number of benzene rings is 2. The zero-order valence-corrected chi connectivity index (χ0v) is 18.3. The molecule has 0 atom stereocenters. The average Bonchev–Trinajstić information content (AvgIpc) is 3.41. The van der Waals surface area contributed by atoms with Crippen LogP contribution in [0.3, 0.4) is 0 Å². The number of amides is 1. The lowest BCUT2D eigenvalue weighted by atomic mass is 10.2. The van der Waals surface area contributed by atoms with Crippen LogP contribution >= 0.6 is 11.3 Å². The highest BCUT2D eigenvalue weighted by Crippen LogP contribution is 2.30. The number of nitrogens with zero attached hydrogens (tertiary/aromatic N) is 4. The Hall–Kier alpha value is -4.11. The molecule has 0 bridgehead atoms. The Balaban J connectivity index is 1.39. The molecule has 0 spiro atoms. The van der Waals surface area contributed by atoms with Crippen molar-refractivity contribution in [3.63, 3.8) is 0 Å². The number of carbonyl (C=O) groups excluding carboxylic acids is 1. The van der Waals surface area contributed by atoms with E-state index in [-0.39, 0.29) is 17.9 Å². The highest BCUT2D eigenvalue weighted by Gasteiger charge is 2.15. The molecule has 2 aromatic carbocycles. The number of fused-ring (bicyclic) bond motifs is 1. The minimum absolute atomic E-state index is 0.202. The average molecular weight is 460 g/mol. The van der Waals surface area contributed by atoms with Gasteiger partial charge in [0.25, 0.3) is 5.56 Å². The van der Waals surface area contributed by atoms with Crippen LogP contribution in [-0.2, 0) is 11.3 Å². The first-order chi connectivity index (χ1) is 16.0. The van der Waals surface area contributed by atoms with Crippen LogP contribution in [0, 0.1) is 12.7 Å². The van der Waals surface area contributed by atoms with Gasteiger partial charge in [-0.2, -0.15) is 5.10 Å². The first kappa shape index (κ1) is 20.8. The number of hydrogen-bond donors (Lipinski definition) is 1. The van der Waals surface area contributed by atoms with Crippen LogP contribution in [0.1, 0.15) is 5.69 Å². The van der Waals surface area contributed by atoms with Gasteiger partial charge in [-0.25, -0.2) is 14.1 Å². The fourth-order valence-corrected chi connectivity index (χ4v) is 4.52. The lowest BCUT2D eigenvalue weighted by Crippen LogP contribution is -2.28. The van der Waals surface area contributed by atoms with E-state index in [1.807, 2.05) is 36.4 Å². The Morgan fingerprint density at radius 3 is 2.61 bits per heavy atom. The quantitative estimate of drug-likeness (QED) is 0.423. The molecule has 0 aliphatic rings. The van der Waals surface area contributed by atoms with Crippen LogP contribution in [0.5, 0.6) is 0 Å². The van der Waals surface area contributed by atoms with E-state index in [1.165, 1.54) is 39.0 Å². The standard InChI is InChI=1S/C24H18FN5O2S/c1-15-11-21(30(28-15)18-9-7-17(25)8-10-18)27-22(31)13-29-14-26-23-19(24(29)32)12-20(33-23)16-5-3-2-4-6-16/h2-12,14H,13H2,1H3,(H,27,31). The van der Waals surface area contributed by atoms with Gasteiger partial charge in [0.15, 0.2) is 0 Å². The third-order valence-corrected chi connectivity index (χ3v) is 6.15. The van der Waals surface area contributed by atoms with E-state index in [2.05, 4.69) is 15.4 Å². The molecule has 7 nitrogen and oxygen atoms in total. The first-order valence-corrected chi connectivity index (χ1v) is 11.0. The van der Waals surface area contributed by atoms with Crippen LogP contribution in [0.2, 0.25) is 0 Å². The third kappa shape index (κ3) is 4.18. The molecule has 0 aliphatic carbocycles. The maximum Gasteiger partial charge on any atom is 0.262 e. The molecule has 0 unspecified atom stereocenters. The van der Waals surface area contributed by atoms with Crippen molar-refractivity contribution in [1.82, 2.24) is 19.3 Å². The summed E-state index contributed by atoms with van der Waals surface area (Å²) in [6.45, 7) is 1.59. The third-order valence-electron chi connectivity index (χ3n) is 5.06. The van der Waals surface area contributed by atoms with E-state index in [4.69, 9.17) is 0 Å². The molecule has 9 heteroatoms. The fraction of sp³-hybridized carbons (Fsp3) is 0.0833. The van der Waals surface area contributed by atoms with Crippen molar-refractivity contribution >= 4 is 33.3 Å². The number of thiophene rings is 1. The summed E-state index contributed by atoms with van der Waals surface area (Å²) in [7, 11) is 0. The van der Waals surface area contributed by atoms with E-state index in [9.17, 15) is 14.0 Å². The molecule has 0 fully saturated rings. The first-order valence-electron chi connectivity index (χ1n) is 10.1. The molecule has 0 radical (unpaired) electrons. The lowest BCUT2D eigenvalue weighted by Gasteiger charge is -2.10. The number of hydrogen-bond acceptors (Lipinski definition) is 5. The predicted molar refractivity (Wildman–Crippen MR) is 126 cm³/mol. The number of anilines is 1. The normalized spacial score (nSPS) is 11.1. The molecule has 1 amide bonds. The minimum atomic E-state index is -0.403. The second-order valence-corrected chi connectivity index (χ2v) is 8.51. The number of aromatic nitrogens is 4. The van der Waals surface area contributed by atoms with Crippen molar-refractivity contribution < 1.29 is 9.18 Å². The Morgan fingerprint density at radius 1 is 1.09 bits per heavy atom. The van der Waals surface area contributed by atoms with Crippen molar-refractivity contribution in [2.75, 3.05) is 5.32 Å². The summed E-state index contributed by atoms with van der Waals surface area (Å²) in [6, 6.07) is 19.1. The molecule has 3 heterocycles. The van der Waals surface area contributed by atoms with Crippen molar-refractivity contribution in [1.29, 1.82) is 0 Å². The summed E-state index contributed by atoms with van der Waals surface area (Å²) in [5, 5.41) is 7.62. The Morgan fingerprint density at radius 2 is 1.85 bits per heavy atom. The van der Waals surface area contributed by atoms with Crippen molar-refractivity contribution in [2.24, 2.45) is 0 Å². The summed E-state index contributed by atoms with van der Waals surface area (Å²) in [5.41, 5.74) is 2.01. The molecule has 0 saturated carbocycles. The number of nitrogens with one attached hydrogen (secondary N) is 1. The van der Waals surface area contributed by atoms with Crippen LogP contribution in [0.25, 0.3) is 26.3 Å². The summed E-state index contributed by atoms with van der Waals surface area (Å²) >= 11 is 1.43. The minimum Gasteiger partial charge on any atom is -0.309 e. The Kier molecular flexibility index (Phi) is 5.31. The Bertz CT molecular complexity index is 1520. The van der Waals surface area contributed by atoms with E-state index < -0.39 is 5.91 Å². The predicted octanol–water partition coefficient (Wildman–Crippen LogP) is 4.40. The summed E-state index contributed by atoms with van der Waals surface area (Å²) in [6.07, 6.45) is 1.39. The summed E-state index contributed by atoms with van der Waals surface area (Å²) < 4.78 is 16.1. The van der Waals surface area contributed by atoms with Gasteiger partial charge in [-0.05, 0) is 42.8 Å². The van der Waals surface area contributed by atoms with Crippen molar-refractivity contribution in [2.45, 2.75) is 13.5 Å². The van der Waals surface area contributed by atoms with Gasteiger partial charge >= 0.3 is 0 Å². The van der Waals surface area contributed by atoms with Gasteiger partial charge in [0.05, 0.1) is 23.1 Å². The van der Waals surface area contributed by atoms with E-state index >= 15 is 0 Å².